The van der Waals surface area contributed by atoms with Gasteiger partial charge in [-0.2, -0.15) is 5.10 Å². The van der Waals surface area contributed by atoms with Gasteiger partial charge >= 0.3 is 0 Å². The van der Waals surface area contributed by atoms with E-state index in [1.165, 1.54) is 37.9 Å². The molecule has 0 bridgehead atoms. The van der Waals surface area contributed by atoms with Crippen LogP contribution in [0.3, 0.4) is 0 Å². The molecule has 0 unspecified atom stereocenters. The van der Waals surface area contributed by atoms with E-state index in [4.69, 9.17) is 4.99 Å². The molecule has 0 atom stereocenters. The summed E-state index contributed by atoms with van der Waals surface area (Å²) < 4.78 is 1.80. The van der Waals surface area contributed by atoms with Gasteiger partial charge in [-0.1, -0.05) is 31.0 Å². The van der Waals surface area contributed by atoms with Crippen LogP contribution in [0.4, 0.5) is 5.69 Å². The van der Waals surface area contributed by atoms with Crippen molar-refractivity contribution in [2.45, 2.75) is 32.1 Å². The quantitative estimate of drug-likeness (QED) is 0.848. The lowest BCUT2D eigenvalue weighted by Gasteiger charge is -2.38. The Morgan fingerprint density at radius 2 is 2.17 bits per heavy atom. The fourth-order valence-corrected chi connectivity index (χ4v) is 4.01. The molecule has 2 heterocycles. The minimum absolute atomic E-state index is 0.503. The highest BCUT2D eigenvalue weighted by Gasteiger charge is 2.34. The fourth-order valence-electron chi connectivity index (χ4n) is 2.84. The van der Waals surface area contributed by atoms with Crippen molar-refractivity contribution in [3.63, 3.8) is 0 Å². The Labute approximate surface area is 112 Å². The van der Waals surface area contributed by atoms with E-state index in [0.29, 0.717) is 5.41 Å². The first-order valence-corrected chi connectivity index (χ1v) is 7.67. The number of amidine groups is 1. The largest absolute Gasteiger partial charge is 0.332 e. The maximum atomic E-state index is 4.74. The summed E-state index contributed by atoms with van der Waals surface area (Å²) in [5.41, 5.74) is 1.53. The number of aryl methyl sites for hydroxylation is 1. The van der Waals surface area contributed by atoms with Crippen molar-refractivity contribution in [2.24, 2.45) is 17.5 Å². The zero-order valence-electron chi connectivity index (χ0n) is 10.9. The second-order valence-corrected chi connectivity index (χ2v) is 6.46. The van der Waals surface area contributed by atoms with Crippen molar-refractivity contribution in [1.82, 2.24) is 9.78 Å². The van der Waals surface area contributed by atoms with Gasteiger partial charge in [0.15, 0.2) is 5.17 Å². The molecule has 1 fully saturated rings. The molecule has 1 aromatic heterocycles. The number of aromatic nitrogens is 2. The van der Waals surface area contributed by atoms with E-state index in [9.17, 15) is 0 Å². The van der Waals surface area contributed by atoms with Crippen LogP contribution in [0.5, 0.6) is 0 Å². The fraction of sp³-hybridized carbons (Fsp3) is 0.692. The summed E-state index contributed by atoms with van der Waals surface area (Å²) in [6.45, 7) is 1.00. The van der Waals surface area contributed by atoms with Gasteiger partial charge in [-0.25, -0.2) is 0 Å². The van der Waals surface area contributed by atoms with Crippen LogP contribution >= 0.6 is 11.8 Å². The molecule has 2 aliphatic rings. The van der Waals surface area contributed by atoms with Crippen molar-refractivity contribution in [3.05, 3.63) is 12.4 Å². The SMILES string of the molecule is Cn1cc(NC2=NCC3(CCCCC3)CS2)cn1. The highest BCUT2D eigenvalue weighted by atomic mass is 32.2. The predicted octanol–water partition coefficient (Wildman–Crippen LogP) is 2.89. The first-order chi connectivity index (χ1) is 8.76. The smallest absolute Gasteiger partial charge is 0.161 e. The third-order valence-corrected chi connectivity index (χ3v) is 5.20. The van der Waals surface area contributed by atoms with E-state index >= 15 is 0 Å². The summed E-state index contributed by atoms with van der Waals surface area (Å²) in [5, 5.41) is 8.56. The van der Waals surface area contributed by atoms with Gasteiger partial charge in [-0.3, -0.25) is 9.67 Å². The van der Waals surface area contributed by atoms with Crippen LogP contribution < -0.4 is 5.32 Å². The Morgan fingerprint density at radius 1 is 1.33 bits per heavy atom. The Bertz CT molecular complexity index is 446. The lowest BCUT2D eigenvalue weighted by molar-refractivity contribution is 0.232. The Morgan fingerprint density at radius 3 is 2.78 bits per heavy atom. The maximum Gasteiger partial charge on any atom is 0.161 e. The summed E-state index contributed by atoms with van der Waals surface area (Å²) in [6, 6.07) is 0. The lowest BCUT2D eigenvalue weighted by atomic mass is 9.75. The standard InChI is InChI=1S/C13H20N4S/c1-17-8-11(7-15-17)16-12-14-9-13(10-18-12)5-3-2-4-6-13/h7-8H,2-6,9-10H2,1H3,(H,14,16). The molecule has 0 saturated heterocycles. The Hall–Kier alpha value is -0.970. The molecule has 1 N–H and O–H groups in total. The molecule has 1 spiro atoms. The number of hydrogen-bond acceptors (Lipinski definition) is 4. The summed E-state index contributed by atoms with van der Waals surface area (Å²) in [6.07, 6.45) is 10.7. The molecule has 1 aliphatic heterocycles. The van der Waals surface area contributed by atoms with Crippen LogP contribution in [-0.2, 0) is 7.05 Å². The van der Waals surface area contributed by atoms with Crippen LogP contribution in [0.1, 0.15) is 32.1 Å². The topological polar surface area (TPSA) is 42.2 Å². The van der Waals surface area contributed by atoms with Crippen LogP contribution in [0.25, 0.3) is 0 Å². The second-order valence-electron chi connectivity index (χ2n) is 5.50. The summed E-state index contributed by atoms with van der Waals surface area (Å²) >= 11 is 1.87. The summed E-state index contributed by atoms with van der Waals surface area (Å²) in [4.78, 5) is 4.74. The highest BCUT2D eigenvalue weighted by Crippen LogP contribution is 2.41. The van der Waals surface area contributed by atoms with Crippen molar-refractivity contribution in [3.8, 4) is 0 Å². The van der Waals surface area contributed by atoms with Gasteiger partial charge < -0.3 is 5.32 Å². The van der Waals surface area contributed by atoms with E-state index in [1.54, 1.807) is 4.68 Å². The van der Waals surface area contributed by atoms with Gasteiger partial charge in [-0.15, -0.1) is 0 Å². The predicted molar refractivity (Wildman–Crippen MR) is 77.1 cm³/mol. The molecule has 1 aliphatic carbocycles. The third kappa shape index (κ3) is 2.55. The molecule has 98 valence electrons. The van der Waals surface area contributed by atoms with E-state index in [1.807, 2.05) is 31.2 Å². The van der Waals surface area contributed by atoms with E-state index in [-0.39, 0.29) is 0 Å². The van der Waals surface area contributed by atoms with Crippen molar-refractivity contribution in [2.75, 3.05) is 17.6 Å². The average Bonchev–Trinajstić information content (AvgIpc) is 2.79. The zero-order chi connectivity index (χ0) is 12.4. The van der Waals surface area contributed by atoms with Gasteiger partial charge in [0.2, 0.25) is 0 Å². The molecule has 3 rings (SSSR count). The number of thioether (sulfide) groups is 1. The number of rotatable bonds is 1. The minimum atomic E-state index is 0.503. The molecule has 18 heavy (non-hydrogen) atoms. The molecule has 0 radical (unpaired) electrons. The maximum absolute atomic E-state index is 4.74. The first kappa shape index (κ1) is 12.1. The van der Waals surface area contributed by atoms with Crippen molar-refractivity contribution in [1.29, 1.82) is 0 Å². The number of anilines is 1. The second kappa shape index (κ2) is 4.96. The lowest BCUT2D eigenvalue weighted by Crippen LogP contribution is -2.35. The van der Waals surface area contributed by atoms with Crippen LogP contribution in [0, 0.1) is 5.41 Å². The molecule has 0 aromatic carbocycles. The van der Waals surface area contributed by atoms with E-state index in [2.05, 4.69) is 10.4 Å². The summed E-state index contributed by atoms with van der Waals surface area (Å²) in [7, 11) is 1.93. The zero-order valence-corrected chi connectivity index (χ0v) is 11.7. The molecular formula is C13H20N4S. The van der Waals surface area contributed by atoms with Crippen molar-refractivity contribution >= 4 is 22.6 Å². The number of nitrogens with zero attached hydrogens (tertiary/aromatic N) is 3. The third-order valence-electron chi connectivity index (χ3n) is 3.94. The first-order valence-electron chi connectivity index (χ1n) is 6.69. The average molecular weight is 264 g/mol. The van der Waals surface area contributed by atoms with Crippen LogP contribution in [0.15, 0.2) is 17.4 Å². The Balaban J connectivity index is 1.63. The molecular weight excluding hydrogens is 244 g/mol. The van der Waals surface area contributed by atoms with Gasteiger partial charge in [-0.05, 0) is 18.3 Å². The number of nitrogens with one attached hydrogen (secondary N) is 1. The molecule has 0 amide bonds. The minimum Gasteiger partial charge on any atom is -0.332 e. The Kier molecular flexibility index (Phi) is 3.33. The molecule has 1 aromatic rings. The monoisotopic (exact) mass is 264 g/mol. The van der Waals surface area contributed by atoms with Gasteiger partial charge in [0.25, 0.3) is 0 Å². The van der Waals surface area contributed by atoms with E-state index < -0.39 is 0 Å². The van der Waals surface area contributed by atoms with Crippen LogP contribution in [-0.4, -0.2) is 27.2 Å². The van der Waals surface area contributed by atoms with Gasteiger partial charge in [0, 0.05) is 25.5 Å². The molecule has 1 saturated carbocycles. The van der Waals surface area contributed by atoms with Gasteiger partial charge in [0.1, 0.15) is 0 Å². The summed E-state index contributed by atoms with van der Waals surface area (Å²) in [5.74, 6) is 1.22. The molecule has 4 nitrogen and oxygen atoms in total. The van der Waals surface area contributed by atoms with Crippen molar-refractivity contribution < 1.29 is 0 Å². The van der Waals surface area contributed by atoms with Crippen LogP contribution in [0.2, 0.25) is 0 Å². The number of hydrogen-bond donors (Lipinski definition) is 1. The van der Waals surface area contributed by atoms with Gasteiger partial charge in [0.05, 0.1) is 11.9 Å². The molecule has 5 heteroatoms. The number of aliphatic imine (C=N–C) groups is 1. The normalized spacial score (nSPS) is 22.8. The van der Waals surface area contributed by atoms with E-state index in [0.717, 1.165) is 17.4 Å². The highest BCUT2D eigenvalue weighted by molar-refractivity contribution is 8.14.